The number of thiazole rings is 1. The van der Waals surface area contributed by atoms with Gasteiger partial charge in [-0.15, -0.1) is 11.3 Å². The number of rotatable bonds is 6. The molecule has 1 aromatic carbocycles. The highest BCUT2D eigenvalue weighted by atomic mass is 79.9. The minimum absolute atomic E-state index is 0.244. The van der Waals surface area contributed by atoms with Crippen LogP contribution in [0.5, 0.6) is 5.75 Å². The number of likely N-dealkylation sites (N-methyl/N-ethyl adjacent to an activating group) is 1. The Kier molecular flexibility index (Phi) is 5.36. The summed E-state index contributed by atoms with van der Waals surface area (Å²) in [5.41, 5.74) is 3.05. The van der Waals surface area contributed by atoms with Crippen LogP contribution in [0, 0.1) is 0 Å². The normalized spacial score (nSPS) is 12.4. The summed E-state index contributed by atoms with van der Waals surface area (Å²) >= 11 is 5.16. The van der Waals surface area contributed by atoms with Gasteiger partial charge in [0.2, 0.25) is 0 Å². The number of hydrogen-bond acceptors (Lipinski definition) is 4. The van der Waals surface area contributed by atoms with Crippen molar-refractivity contribution in [2.45, 2.75) is 19.4 Å². The summed E-state index contributed by atoms with van der Waals surface area (Å²) in [6, 6.07) is 6.41. The lowest BCUT2D eigenvalue weighted by Crippen LogP contribution is -2.23. The first kappa shape index (κ1) is 14.5. The molecular weight excluding hydrogens is 324 g/mol. The number of nitrogens with zero attached hydrogens (tertiary/aromatic N) is 1. The van der Waals surface area contributed by atoms with Gasteiger partial charge in [0.15, 0.2) is 0 Å². The summed E-state index contributed by atoms with van der Waals surface area (Å²) in [4.78, 5) is 5.41. The molecule has 1 atom stereocenters. The van der Waals surface area contributed by atoms with Crippen LogP contribution in [0.25, 0.3) is 0 Å². The first-order valence-electron chi connectivity index (χ1n) is 6.18. The second-order valence-corrected chi connectivity index (χ2v) is 6.05. The molecule has 0 amide bonds. The van der Waals surface area contributed by atoms with E-state index in [1.54, 1.807) is 18.4 Å². The van der Waals surface area contributed by atoms with E-state index >= 15 is 0 Å². The predicted molar refractivity (Wildman–Crippen MR) is 82.9 cm³/mol. The summed E-state index contributed by atoms with van der Waals surface area (Å²) in [7, 11) is 1.71. The Morgan fingerprint density at radius 1 is 1.47 bits per heavy atom. The molecular formula is C14H17BrN2OS. The van der Waals surface area contributed by atoms with Crippen molar-refractivity contribution in [2.75, 3.05) is 13.7 Å². The second-order valence-electron chi connectivity index (χ2n) is 4.17. The molecule has 1 N–H and O–H groups in total. The fourth-order valence-electron chi connectivity index (χ4n) is 2.06. The first-order valence-corrected chi connectivity index (χ1v) is 7.86. The van der Waals surface area contributed by atoms with Crippen molar-refractivity contribution < 1.29 is 4.74 Å². The topological polar surface area (TPSA) is 34.2 Å². The molecule has 3 nitrogen and oxygen atoms in total. The zero-order chi connectivity index (χ0) is 13.7. The highest BCUT2D eigenvalue weighted by Crippen LogP contribution is 2.31. The van der Waals surface area contributed by atoms with Crippen LogP contribution in [0.1, 0.15) is 23.4 Å². The lowest BCUT2D eigenvalue weighted by Gasteiger charge is -2.20. The van der Waals surface area contributed by atoms with Crippen LogP contribution >= 0.6 is 27.3 Å². The Balaban J connectivity index is 2.27. The molecule has 2 aromatic rings. The van der Waals surface area contributed by atoms with Crippen molar-refractivity contribution in [3.63, 3.8) is 0 Å². The molecule has 0 aliphatic carbocycles. The number of hydrogen-bond donors (Lipinski definition) is 1. The van der Waals surface area contributed by atoms with E-state index in [-0.39, 0.29) is 6.04 Å². The smallest absolute Gasteiger partial charge is 0.124 e. The number of benzene rings is 1. The number of nitrogens with one attached hydrogen (secondary N) is 1. The Morgan fingerprint density at radius 3 is 2.95 bits per heavy atom. The largest absolute Gasteiger partial charge is 0.496 e. The van der Waals surface area contributed by atoms with Crippen LogP contribution in [0.4, 0.5) is 0 Å². The van der Waals surface area contributed by atoms with Gasteiger partial charge in [0.1, 0.15) is 5.75 Å². The van der Waals surface area contributed by atoms with Crippen molar-refractivity contribution >= 4 is 27.3 Å². The molecule has 0 fully saturated rings. The van der Waals surface area contributed by atoms with Gasteiger partial charge < -0.3 is 10.1 Å². The fraction of sp³-hybridized carbons (Fsp3) is 0.357. The molecule has 0 spiro atoms. The molecule has 0 aliphatic rings. The maximum absolute atomic E-state index is 5.49. The summed E-state index contributed by atoms with van der Waals surface area (Å²) in [5.74, 6) is 0.907. The monoisotopic (exact) mass is 340 g/mol. The summed E-state index contributed by atoms with van der Waals surface area (Å²) in [5, 5.41) is 3.51. The maximum atomic E-state index is 5.49. The SMILES string of the molecule is CCNC(Cc1cncs1)c1ccc(Br)cc1OC. The number of ether oxygens (including phenoxy) is 1. The van der Waals surface area contributed by atoms with Gasteiger partial charge in [0.25, 0.3) is 0 Å². The molecule has 1 heterocycles. The third-order valence-corrected chi connectivity index (χ3v) is 4.21. The summed E-state index contributed by atoms with van der Waals surface area (Å²) in [6.45, 7) is 3.04. The van der Waals surface area contributed by atoms with Gasteiger partial charge in [-0.25, -0.2) is 0 Å². The van der Waals surface area contributed by atoms with Gasteiger partial charge in [-0.3, -0.25) is 4.98 Å². The van der Waals surface area contributed by atoms with Crippen molar-refractivity contribution in [1.29, 1.82) is 0 Å². The minimum atomic E-state index is 0.244. The van der Waals surface area contributed by atoms with Gasteiger partial charge in [-0.2, -0.15) is 0 Å². The molecule has 0 bridgehead atoms. The number of aromatic nitrogens is 1. The van der Waals surface area contributed by atoms with E-state index in [0.29, 0.717) is 0 Å². The Morgan fingerprint density at radius 2 is 2.32 bits per heavy atom. The molecule has 0 saturated carbocycles. The molecule has 0 saturated heterocycles. The summed E-state index contributed by atoms with van der Waals surface area (Å²) in [6.07, 6.45) is 2.86. The van der Waals surface area contributed by atoms with Crippen molar-refractivity contribution in [3.8, 4) is 5.75 Å². The zero-order valence-electron chi connectivity index (χ0n) is 11.0. The van der Waals surface area contributed by atoms with Gasteiger partial charge in [0, 0.05) is 33.6 Å². The van der Waals surface area contributed by atoms with Crippen LogP contribution in [0.15, 0.2) is 34.4 Å². The molecule has 1 unspecified atom stereocenters. The molecule has 0 aliphatic heterocycles. The number of methoxy groups -OCH3 is 1. The highest BCUT2D eigenvalue weighted by Gasteiger charge is 2.16. The molecule has 1 aromatic heterocycles. The van der Waals surface area contributed by atoms with Crippen molar-refractivity contribution in [1.82, 2.24) is 10.3 Å². The van der Waals surface area contributed by atoms with Gasteiger partial charge in [-0.1, -0.05) is 28.9 Å². The van der Waals surface area contributed by atoms with Crippen molar-refractivity contribution in [3.05, 3.63) is 44.8 Å². The minimum Gasteiger partial charge on any atom is -0.496 e. The Hall–Kier alpha value is -0.910. The fourth-order valence-corrected chi connectivity index (χ4v) is 3.04. The molecule has 19 heavy (non-hydrogen) atoms. The quantitative estimate of drug-likeness (QED) is 0.868. The first-order chi connectivity index (χ1) is 9.24. The van der Waals surface area contributed by atoms with E-state index in [2.05, 4.69) is 45.3 Å². The van der Waals surface area contributed by atoms with E-state index in [0.717, 1.165) is 23.2 Å². The third kappa shape index (κ3) is 3.78. The van der Waals surface area contributed by atoms with Crippen molar-refractivity contribution in [2.24, 2.45) is 0 Å². The standard InChI is InChI=1S/C14H17BrN2OS/c1-3-17-13(7-11-8-16-9-19-11)12-5-4-10(15)6-14(12)18-2/h4-6,8-9,13,17H,3,7H2,1-2H3. The van der Waals surface area contributed by atoms with E-state index < -0.39 is 0 Å². The van der Waals surface area contributed by atoms with E-state index in [1.807, 2.05) is 17.8 Å². The molecule has 0 radical (unpaired) electrons. The van der Waals surface area contributed by atoms with Gasteiger partial charge in [0.05, 0.1) is 12.6 Å². The van der Waals surface area contributed by atoms with Crippen LogP contribution < -0.4 is 10.1 Å². The molecule has 5 heteroatoms. The van der Waals surface area contributed by atoms with E-state index in [4.69, 9.17) is 4.74 Å². The second kappa shape index (κ2) is 7.03. The maximum Gasteiger partial charge on any atom is 0.124 e. The zero-order valence-corrected chi connectivity index (χ0v) is 13.4. The molecule has 2 rings (SSSR count). The highest BCUT2D eigenvalue weighted by molar-refractivity contribution is 9.10. The average Bonchev–Trinajstić information content (AvgIpc) is 2.91. The average molecular weight is 341 g/mol. The van der Waals surface area contributed by atoms with Gasteiger partial charge in [-0.05, 0) is 18.7 Å². The predicted octanol–water partition coefficient (Wildman–Crippen LogP) is 3.81. The third-order valence-electron chi connectivity index (χ3n) is 2.91. The molecule has 102 valence electrons. The van der Waals surface area contributed by atoms with Crippen LogP contribution in [-0.2, 0) is 6.42 Å². The Labute approximate surface area is 126 Å². The lowest BCUT2D eigenvalue weighted by atomic mass is 10.0. The lowest BCUT2D eigenvalue weighted by molar-refractivity contribution is 0.399. The summed E-state index contributed by atoms with van der Waals surface area (Å²) < 4.78 is 6.52. The number of halogens is 1. The Bertz CT molecular complexity index is 516. The van der Waals surface area contributed by atoms with Crippen LogP contribution in [-0.4, -0.2) is 18.6 Å². The van der Waals surface area contributed by atoms with E-state index in [1.165, 1.54) is 10.4 Å². The van der Waals surface area contributed by atoms with E-state index in [9.17, 15) is 0 Å². The van der Waals surface area contributed by atoms with Crippen LogP contribution in [0.3, 0.4) is 0 Å². The van der Waals surface area contributed by atoms with Gasteiger partial charge >= 0.3 is 0 Å². The van der Waals surface area contributed by atoms with Crippen LogP contribution in [0.2, 0.25) is 0 Å².